The van der Waals surface area contributed by atoms with E-state index >= 15 is 0 Å². The van der Waals surface area contributed by atoms with Gasteiger partial charge in [0.15, 0.2) is 0 Å². The van der Waals surface area contributed by atoms with Crippen LogP contribution >= 0.6 is 0 Å². The summed E-state index contributed by atoms with van der Waals surface area (Å²) >= 11 is 0. The fourth-order valence-corrected chi connectivity index (χ4v) is 2.84. The standard InChI is InChI=1S/C20H23N5O/c1-15-8-7-11-21-19(15)13-24(12-18-9-5-4-6-10-18)20(26)14-25-17(3)22-16(2)23-25/h4-11H,12-14H2,1-3H3. The van der Waals surface area contributed by atoms with Crippen LogP contribution in [0.5, 0.6) is 0 Å². The molecule has 0 bridgehead atoms. The van der Waals surface area contributed by atoms with E-state index in [9.17, 15) is 4.79 Å². The fourth-order valence-electron chi connectivity index (χ4n) is 2.84. The average Bonchev–Trinajstić information content (AvgIpc) is 2.94. The molecule has 0 radical (unpaired) electrons. The minimum absolute atomic E-state index is 0.00749. The van der Waals surface area contributed by atoms with E-state index in [-0.39, 0.29) is 12.5 Å². The average molecular weight is 349 g/mol. The monoisotopic (exact) mass is 349 g/mol. The first-order valence-electron chi connectivity index (χ1n) is 8.63. The Balaban J connectivity index is 1.83. The SMILES string of the molecule is Cc1nc(C)n(CC(=O)N(Cc2ccccc2)Cc2ncccc2C)n1. The molecule has 0 saturated carbocycles. The van der Waals surface area contributed by atoms with Crippen LogP contribution in [-0.4, -0.2) is 30.6 Å². The van der Waals surface area contributed by atoms with Crippen molar-refractivity contribution in [1.82, 2.24) is 24.6 Å². The number of amides is 1. The van der Waals surface area contributed by atoms with Crippen LogP contribution in [0.15, 0.2) is 48.7 Å². The molecule has 3 rings (SSSR count). The van der Waals surface area contributed by atoms with E-state index < -0.39 is 0 Å². The first kappa shape index (κ1) is 17.8. The van der Waals surface area contributed by atoms with Gasteiger partial charge in [-0.05, 0) is 38.0 Å². The molecule has 0 fully saturated rings. The number of nitrogens with zero attached hydrogens (tertiary/aromatic N) is 5. The van der Waals surface area contributed by atoms with Crippen LogP contribution in [0.25, 0.3) is 0 Å². The first-order chi connectivity index (χ1) is 12.5. The topological polar surface area (TPSA) is 63.9 Å². The molecule has 134 valence electrons. The molecule has 26 heavy (non-hydrogen) atoms. The van der Waals surface area contributed by atoms with Crippen molar-refractivity contribution in [2.24, 2.45) is 0 Å². The third kappa shape index (κ3) is 4.33. The Kier molecular flexibility index (Phi) is 5.41. The lowest BCUT2D eigenvalue weighted by atomic mass is 10.1. The molecule has 0 aliphatic carbocycles. The summed E-state index contributed by atoms with van der Waals surface area (Å²) in [5.74, 6) is 1.40. The lowest BCUT2D eigenvalue weighted by Gasteiger charge is -2.23. The number of hydrogen-bond donors (Lipinski definition) is 0. The second-order valence-corrected chi connectivity index (χ2v) is 6.37. The summed E-state index contributed by atoms with van der Waals surface area (Å²) in [6.07, 6.45) is 1.76. The van der Waals surface area contributed by atoms with Gasteiger partial charge in [-0.1, -0.05) is 36.4 Å². The van der Waals surface area contributed by atoms with E-state index in [4.69, 9.17) is 0 Å². The van der Waals surface area contributed by atoms with Crippen molar-refractivity contribution in [2.75, 3.05) is 0 Å². The molecule has 0 unspecified atom stereocenters. The molecule has 0 spiro atoms. The highest BCUT2D eigenvalue weighted by Gasteiger charge is 2.18. The van der Waals surface area contributed by atoms with Crippen LogP contribution in [-0.2, 0) is 24.4 Å². The van der Waals surface area contributed by atoms with Crippen LogP contribution in [0.1, 0.15) is 28.5 Å². The van der Waals surface area contributed by atoms with Gasteiger partial charge in [-0.2, -0.15) is 5.10 Å². The molecule has 0 aliphatic rings. The highest BCUT2D eigenvalue weighted by Crippen LogP contribution is 2.13. The predicted molar refractivity (Wildman–Crippen MR) is 99.2 cm³/mol. The van der Waals surface area contributed by atoms with Crippen LogP contribution in [0.4, 0.5) is 0 Å². The Morgan fingerprint density at radius 1 is 1.04 bits per heavy atom. The summed E-state index contributed by atoms with van der Waals surface area (Å²) in [6, 6.07) is 13.9. The molecule has 2 heterocycles. The maximum absolute atomic E-state index is 13.0. The highest BCUT2D eigenvalue weighted by atomic mass is 16.2. The van der Waals surface area contributed by atoms with E-state index in [1.807, 2.05) is 68.1 Å². The number of hydrogen-bond acceptors (Lipinski definition) is 4. The van der Waals surface area contributed by atoms with Gasteiger partial charge in [0.05, 0.1) is 12.2 Å². The predicted octanol–water partition coefficient (Wildman–Crippen LogP) is 2.83. The van der Waals surface area contributed by atoms with E-state index in [0.717, 1.165) is 22.6 Å². The van der Waals surface area contributed by atoms with Gasteiger partial charge in [-0.15, -0.1) is 0 Å². The second-order valence-electron chi connectivity index (χ2n) is 6.37. The lowest BCUT2D eigenvalue weighted by molar-refractivity contribution is -0.133. The molecular weight excluding hydrogens is 326 g/mol. The number of aryl methyl sites for hydroxylation is 3. The molecule has 0 aliphatic heterocycles. The van der Waals surface area contributed by atoms with Crippen molar-refractivity contribution in [3.05, 3.63) is 77.1 Å². The molecule has 0 saturated heterocycles. The lowest BCUT2D eigenvalue weighted by Crippen LogP contribution is -2.34. The molecule has 0 N–H and O–H groups in total. The summed E-state index contributed by atoms with van der Waals surface area (Å²) in [5, 5.41) is 4.31. The van der Waals surface area contributed by atoms with Gasteiger partial charge in [-0.25, -0.2) is 9.67 Å². The van der Waals surface area contributed by atoms with E-state index in [2.05, 4.69) is 15.1 Å². The second kappa shape index (κ2) is 7.91. The number of benzene rings is 1. The maximum Gasteiger partial charge on any atom is 0.245 e. The molecule has 1 amide bonds. The minimum Gasteiger partial charge on any atom is -0.331 e. The zero-order valence-corrected chi connectivity index (χ0v) is 15.4. The molecule has 0 atom stereocenters. The van der Waals surface area contributed by atoms with Gasteiger partial charge in [0.1, 0.15) is 18.2 Å². The van der Waals surface area contributed by atoms with Crippen LogP contribution in [0.2, 0.25) is 0 Å². The summed E-state index contributed by atoms with van der Waals surface area (Å²) in [6.45, 7) is 6.87. The van der Waals surface area contributed by atoms with Crippen molar-refractivity contribution in [2.45, 2.75) is 40.4 Å². The Morgan fingerprint density at radius 2 is 1.81 bits per heavy atom. The van der Waals surface area contributed by atoms with Crippen molar-refractivity contribution in [1.29, 1.82) is 0 Å². The van der Waals surface area contributed by atoms with Crippen molar-refractivity contribution < 1.29 is 4.79 Å². The van der Waals surface area contributed by atoms with Gasteiger partial charge < -0.3 is 4.90 Å². The first-order valence-corrected chi connectivity index (χ1v) is 8.63. The van der Waals surface area contributed by atoms with Crippen molar-refractivity contribution >= 4 is 5.91 Å². The largest absolute Gasteiger partial charge is 0.331 e. The Morgan fingerprint density at radius 3 is 2.46 bits per heavy atom. The number of rotatable bonds is 6. The van der Waals surface area contributed by atoms with Gasteiger partial charge in [-0.3, -0.25) is 9.78 Å². The van der Waals surface area contributed by atoms with Gasteiger partial charge in [0, 0.05) is 12.7 Å². The Hall–Kier alpha value is -3.02. The van der Waals surface area contributed by atoms with Gasteiger partial charge in [0.2, 0.25) is 5.91 Å². The van der Waals surface area contributed by atoms with E-state index in [0.29, 0.717) is 18.9 Å². The summed E-state index contributed by atoms with van der Waals surface area (Å²) in [5.41, 5.74) is 3.07. The number of carbonyl (C=O) groups excluding carboxylic acids is 1. The highest BCUT2D eigenvalue weighted by molar-refractivity contribution is 5.76. The van der Waals surface area contributed by atoms with Crippen LogP contribution in [0, 0.1) is 20.8 Å². The van der Waals surface area contributed by atoms with E-state index in [1.54, 1.807) is 10.9 Å². The summed E-state index contributed by atoms with van der Waals surface area (Å²) in [7, 11) is 0. The Labute approximate surface area is 153 Å². The zero-order chi connectivity index (χ0) is 18.5. The summed E-state index contributed by atoms with van der Waals surface area (Å²) in [4.78, 5) is 23.5. The molecule has 1 aromatic carbocycles. The maximum atomic E-state index is 13.0. The zero-order valence-electron chi connectivity index (χ0n) is 15.4. The van der Waals surface area contributed by atoms with Crippen LogP contribution in [0.3, 0.4) is 0 Å². The molecule has 3 aromatic rings. The molecule has 6 nitrogen and oxygen atoms in total. The van der Waals surface area contributed by atoms with Gasteiger partial charge >= 0.3 is 0 Å². The van der Waals surface area contributed by atoms with E-state index in [1.165, 1.54) is 0 Å². The Bertz CT molecular complexity index is 888. The third-order valence-corrected chi connectivity index (χ3v) is 4.28. The fraction of sp³-hybridized carbons (Fsp3) is 0.300. The van der Waals surface area contributed by atoms with Gasteiger partial charge in [0.25, 0.3) is 0 Å². The third-order valence-electron chi connectivity index (χ3n) is 4.28. The molecular formula is C20H23N5O. The molecule has 2 aromatic heterocycles. The minimum atomic E-state index is -0.00749. The summed E-state index contributed by atoms with van der Waals surface area (Å²) < 4.78 is 1.65. The molecule has 6 heteroatoms. The van der Waals surface area contributed by atoms with Crippen LogP contribution < -0.4 is 0 Å². The van der Waals surface area contributed by atoms with Crippen molar-refractivity contribution in [3.63, 3.8) is 0 Å². The normalized spacial score (nSPS) is 10.7. The van der Waals surface area contributed by atoms with Crippen molar-refractivity contribution in [3.8, 4) is 0 Å². The smallest absolute Gasteiger partial charge is 0.245 e. The quantitative estimate of drug-likeness (QED) is 0.686. The number of carbonyl (C=O) groups is 1. The number of aromatic nitrogens is 4. The number of pyridine rings is 1.